The lowest BCUT2D eigenvalue weighted by atomic mass is 10.2. The Balaban J connectivity index is 2.26. The molecule has 3 heteroatoms. The third-order valence-corrected chi connectivity index (χ3v) is 3.57. The summed E-state index contributed by atoms with van der Waals surface area (Å²) < 4.78 is 5.56. The highest BCUT2D eigenvalue weighted by molar-refractivity contribution is 7.98. The largest absolute Gasteiger partial charge is 0.494 e. The third kappa shape index (κ3) is 6.31. The van der Waals surface area contributed by atoms with Gasteiger partial charge in [0.1, 0.15) is 5.75 Å². The Morgan fingerprint density at radius 3 is 2.61 bits per heavy atom. The van der Waals surface area contributed by atoms with Crippen LogP contribution >= 0.6 is 11.8 Å². The second-order valence-electron chi connectivity index (χ2n) is 4.68. The summed E-state index contributed by atoms with van der Waals surface area (Å²) in [7, 11) is 0. The maximum atomic E-state index is 5.56. The van der Waals surface area contributed by atoms with E-state index < -0.39 is 0 Å². The third-order valence-electron chi connectivity index (χ3n) is 2.67. The standard InChI is InChI=1S/C15H25NOS/c1-4-9-17-15-7-5-14(6-8-15)11-16-10-13(2)12-18-3/h5-8,13,16H,4,9-12H2,1-3H3. The fraction of sp³-hybridized carbons (Fsp3) is 0.600. The molecule has 0 aliphatic heterocycles. The van der Waals surface area contributed by atoms with Crippen molar-refractivity contribution in [2.24, 2.45) is 5.92 Å². The summed E-state index contributed by atoms with van der Waals surface area (Å²) >= 11 is 1.91. The summed E-state index contributed by atoms with van der Waals surface area (Å²) in [6, 6.07) is 8.38. The lowest BCUT2D eigenvalue weighted by molar-refractivity contribution is 0.317. The van der Waals surface area contributed by atoms with Gasteiger partial charge in [0.25, 0.3) is 0 Å². The Kier molecular flexibility index (Phi) is 7.94. The summed E-state index contributed by atoms with van der Waals surface area (Å²) in [4.78, 5) is 0. The molecule has 1 aromatic carbocycles. The number of benzene rings is 1. The Morgan fingerprint density at radius 2 is 2.00 bits per heavy atom. The molecule has 1 atom stereocenters. The van der Waals surface area contributed by atoms with Gasteiger partial charge in [-0.1, -0.05) is 26.0 Å². The van der Waals surface area contributed by atoms with Gasteiger partial charge in [0.15, 0.2) is 0 Å². The Morgan fingerprint density at radius 1 is 1.28 bits per heavy atom. The summed E-state index contributed by atoms with van der Waals surface area (Å²) in [6.07, 6.45) is 3.21. The molecule has 0 aliphatic rings. The van der Waals surface area contributed by atoms with E-state index in [1.807, 2.05) is 11.8 Å². The molecular weight excluding hydrogens is 242 g/mol. The van der Waals surface area contributed by atoms with Crippen LogP contribution in [-0.2, 0) is 6.54 Å². The first-order valence-corrected chi connectivity index (χ1v) is 8.07. The predicted octanol–water partition coefficient (Wildman–Crippen LogP) is 3.56. The van der Waals surface area contributed by atoms with Gasteiger partial charge >= 0.3 is 0 Å². The summed E-state index contributed by atoms with van der Waals surface area (Å²) in [5.74, 6) is 2.92. The molecular formula is C15H25NOS. The molecule has 1 rings (SSSR count). The van der Waals surface area contributed by atoms with Crippen LogP contribution in [0.4, 0.5) is 0 Å². The van der Waals surface area contributed by atoms with Crippen molar-refractivity contribution < 1.29 is 4.74 Å². The highest BCUT2D eigenvalue weighted by Gasteiger charge is 2.00. The zero-order chi connectivity index (χ0) is 13.2. The summed E-state index contributed by atoms with van der Waals surface area (Å²) in [5.41, 5.74) is 1.32. The molecule has 0 aromatic heterocycles. The molecule has 1 N–H and O–H groups in total. The van der Waals surface area contributed by atoms with E-state index in [4.69, 9.17) is 4.74 Å². The zero-order valence-corrected chi connectivity index (χ0v) is 12.6. The van der Waals surface area contributed by atoms with Crippen LogP contribution in [0.25, 0.3) is 0 Å². The number of thioether (sulfide) groups is 1. The Hall–Kier alpha value is -0.670. The van der Waals surface area contributed by atoms with Crippen molar-refractivity contribution in [1.82, 2.24) is 5.32 Å². The quantitative estimate of drug-likeness (QED) is 0.739. The lowest BCUT2D eigenvalue weighted by Gasteiger charge is -2.11. The maximum Gasteiger partial charge on any atom is 0.119 e. The summed E-state index contributed by atoms with van der Waals surface area (Å²) in [5, 5.41) is 3.49. The molecule has 102 valence electrons. The Labute approximate surface area is 116 Å². The molecule has 2 nitrogen and oxygen atoms in total. The van der Waals surface area contributed by atoms with Crippen LogP contribution < -0.4 is 10.1 Å². The van der Waals surface area contributed by atoms with Crippen molar-refractivity contribution >= 4 is 11.8 Å². The summed E-state index contributed by atoms with van der Waals surface area (Å²) in [6.45, 7) is 7.21. The van der Waals surface area contributed by atoms with Crippen LogP contribution in [0.2, 0.25) is 0 Å². The number of rotatable bonds is 9. The van der Waals surface area contributed by atoms with Crippen molar-refractivity contribution in [3.63, 3.8) is 0 Å². The second kappa shape index (κ2) is 9.29. The highest BCUT2D eigenvalue weighted by atomic mass is 32.2. The molecule has 0 spiro atoms. The minimum Gasteiger partial charge on any atom is -0.494 e. The van der Waals surface area contributed by atoms with Crippen molar-refractivity contribution in [2.75, 3.05) is 25.2 Å². The van der Waals surface area contributed by atoms with E-state index in [1.54, 1.807) is 0 Å². The number of hydrogen-bond acceptors (Lipinski definition) is 3. The van der Waals surface area contributed by atoms with Crippen molar-refractivity contribution in [2.45, 2.75) is 26.8 Å². The minimum absolute atomic E-state index is 0.729. The van der Waals surface area contributed by atoms with Crippen LogP contribution in [-0.4, -0.2) is 25.2 Å². The average molecular weight is 267 g/mol. The van der Waals surface area contributed by atoms with Crippen molar-refractivity contribution in [3.8, 4) is 5.75 Å². The van der Waals surface area contributed by atoms with E-state index >= 15 is 0 Å². The van der Waals surface area contributed by atoms with Crippen molar-refractivity contribution in [1.29, 1.82) is 0 Å². The normalized spacial score (nSPS) is 12.4. The fourth-order valence-corrected chi connectivity index (χ4v) is 2.42. The molecule has 0 saturated carbocycles. The smallest absolute Gasteiger partial charge is 0.119 e. The topological polar surface area (TPSA) is 21.3 Å². The maximum absolute atomic E-state index is 5.56. The first-order chi connectivity index (χ1) is 8.76. The fourth-order valence-electron chi connectivity index (χ4n) is 1.73. The molecule has 0 aliphatic carbocycles. The molecule has 0 radical (unpaired) electrons. The first-order valence-electron chi connectivity index (χ1n) is 6.67. The molecule has 0 bridgehead atoms. The van der Waals surface area contributed by atoms with E-state index in [0.717, 1.165) is 37.8 Å². The van der Waals surface area contributed by atoms with Gasteiger partial charge in [-0.3, -0.25) is 0 Å². The average Bonchev–Trinajstić information content (AvgIpc) is 2.38. The van der Waals surface area contributed by atoms with Gasteiger partial charge in [0.2, 0.25) is 0 Å². The van der Waals surface area contributed by atoms with Gasteiger partial charge in [-0.2, -0.15) is 11.8 Å². The molecule has 0 fully saturated rings. The van der Waals surface area contributed by atoms with Gasteiger partial charge in [-0.05, 0) is 48.6 Å². The molecule has 0 amide bonds. The van der Waals surface area contributed by atoms with Gasteiger partial charge in [0.05, 0.1) is 6.61 Å². The van der Waals surface area contributed by atoms with Crippen LogP contribution in [0.3, 0.4) is 0 Å². The molecule has 1 unspecified atom stereocenters. The van der Waals surface area contributed by atoms with E-state index in [-0.39, 0.29) is 0 Å². The molecule has 0 saturated heterocycles. The number of nitrogens with one attached hydrogen (secondary N) is 1. The van der Waals surface area contributed by atoms with E-state index in [9.17, 15) is 0 Å². The molecule has 18 heavy (non-hydrogen) atoms. The van der Waals surface area contributed by atoms with Crippen molar-refractivity contribution in [3.05, 3.63) is 29.8 Å². The monoisotopic (exact) mass is 267 g/mol. The van der Waals surface area contributed by atoms with Gasteiger partial charge in [-0.25, -0.2) is 0 Å². The van der Waals surface area contributed by atoms with E-state index in [2.05, 4.69) is 49.7 Å². The lowest BCUT2D eigenvalue weighted by Crippen LogP contribution is -2.21. The Bertz CT molecular complexity index is 313. The highest BCUT2D eigenvalue weighted by Crippen LogP contribution is 2.12. The molecule has 1 aromatic rings. The zero-order valence-electron chi connectivity index (χ0n) is 11.7. The van der Waals surface area contributed by atoms with Gasteiger partial charge < -0.3 is 10.1 Å². The van der Waals surface area contributed by atoms with Gasteiger partial charge in [-0.15, -0.1) is 0 Å². The van der Waals surface area contributed by atoms with Crippen LogP contribution in [0, 0.1) is 5.92 Å². The van der Waals surface area contributed by atoms with Crippen LogP contribution in [0.15, 0.2) is 24.3 Å². The van der Waals surface area contributed by atoms with Gasteiger partial charge in [0, 0.05) is 6.54 Å². The minimum atomic E-state index is 0.729. The number of hydrogen-bond donors (Lipinski definition) is 1. The predicted molar refractivity (Wildman–Crippen MR) is 81.5 cm³/mol. The number of ether oxygens (including phenoxy) is 1. The SMILES string of the molecule is CCCOc1ccc(CNCC(C)CSC)cc1. The van der Waals surface area contributed by atoms with Crippen LogP contribution in [0.5, 0.6) is 5.75 Å². The van der Waals surface area contributed by atoms with Crippen LogP contribution in [0.1, 0.15) is 25.8 Å². The van der Waals surface area contributed by atoms with E-state index in [1.165, 1.54) is 11.3 Å². The van der Waals surface area contributed by atoms with E-state index in [0.29, 0.717) is 0 Å². The molecule has 0 heterocycles. The second-order valence-corrected chi connectivity index (χ2v) is 5.59. The first kappa shape index (κ1) is 15.4.